The summed E-state index contributed by atoms with van der Waals surface area (Å²) < 4.78 is 9.26. The summed E-state index contributed by atoms with van der Waals surface area (Å²) in [6, 6.07) is 89.2. The molecular formula is C78H66BN3O. The molecule has 0 radical (unpaired) electrons. The maximum Gasteiger partial charge on any atom is 0.252 e. The van der Waals surface area contributed by atoms with Gasteiger partial charge in [-0.2, -0.15) is 0 Å². The molecule has 0 unspecified atom stereocenters. The molecule has 5 heteroatoms. The Morgan fingerprint density at radius 1 is 0.398 bits per heavy atom. The van der Waals surface area contributed by atoms with Crippen molar-refractivity contribution < 1.29 is 4.42 Å². The van der Waals surface area contributed by atoms with Crippen LogP contribution in [0.3, 0.4) is 0 Å². The number of anilines is 6. The van der Waals surface area contributed by atoms with E-state index in [9.17, 15) is 0 Å². The van der Waals surface area contributed by atoms with E-state index in [0.29, 0.717) is 0 Å². The van der Waals surface area contributed by atoms with Crippen LogP contribution in [0.15, 0.2) is 241 Å². The molecule has 0 atom stereocenters. The van der Waals surface area contributed by atoms with Gasteiger partial charge in [0.15, 0.2) is 0 Å². The summed E-state index contributed by atoms with van der Waals surface area (Å²) in [4.78, 5) is 5.37. The van der Waals surface area contributed by atoms with Gasteiger partial charge in [0, 0.05) is 61.1 Å². The molecule has 0 saturated carbocycles. The highest BCUT2D eigenvalue weighted by Crippen LogP contribution is 2.53. The molecule has 402 valence electrons. The summed E-state index contributed by atoms with van der Waals surface area (Å²) >= 11 is 0. The van der Waals surface area contributed by atoms with Gasteiger partial charge in [0.25, 0.3) is 6.71 Å². The predicted octanol–water partition coefficient (Wildman–Crippen LogP) is 19.7. The number of aromatic nitrogens is 1. The quantitative estimate of drug-likeness (QED) is 0.135. The summed E-state index contributed by atoms with van der Waals surface area (Å²) in [7, 11) is 0. The minimum atomic E-state index is -0.239. The molecule has 0 saturated heterocycles. The number of hydrogen-bond donors (Lipinski definition) is 0. The van der Waals surface area contributed by atoms with Gasteiger partial charge in [0.1, 0.15) is 11.2 Å². The molecule has 13 aromatic rings. The van der Waals surface area contributed by atoms with Crippen LogP contribution in [0.25, 0.3) is 82.8 Å². The van der Waals surface area contributed by atoms with Crippen molar-refractivity contribution in [2.75, 3.05) is 9.80 Å². The Labute approximate surface area is 488 Å². The van der Waals surface area contributed by atoms with Crippen molar-refractivity contribution in [1.82, 2.24) is 4.57 Å². The third-order valence-electron chi connectivity index (χ3n) is 17.9. The molecule has 2 aliphatic rings. The number of fused-ring (bicyclic) bond motifs is 10. The van der Waals surface area contributed by atoms with Gasteiger partial charge in [-0.3, -0.25) is 0 Å². The van der Waals surface area contributed by atoms with Gasteiger partial charge in [0.05, 0.1) is 22.4 Å². The van der Waals surface area contributed by atoms with Gasteiger partial charge < -0.3 is 18.8 Å². The zero-order valence-electron chi connectivity index (χ0n) is 48.5. The highest BCUT2D eigenvalue weighted by molar-refractivity contribution is 7.00. The first-order chi connectivity index (χ1) is 40.4. The van der Waals surface area contributed by atoms with Gasteiger partial charge >= 0.3 is 0 Å². The summed E-state index contributed by atoms with van der Waals surface area (Å²) in [5.74, 6) is 0. The largest absolute Gasteiger partial charge is 0.456 e. The first-order valence-electron chi connectivity index (χ1n) is 29.8. The van der Waals surface area contributed by atoms with Crippen LogP contribution >= 0.6 is 0 Å². The van der Waals surface area contributed by atoms with E-state index < -0.39 is 0 Å². The Hall–Kier alpha value is -9.32. The van der Waals surface area contributed by atoms with Gasteiger partial charge in [-0.05, 0) is 152 Å². The van der Waals surface area contributed by atoms with Crippen LogP contribution in [0.2, 0.25) is 0 Å². The number of furan rings is 1. The van der Waals surface area contributed by atoms with Crippen molar-refractivity contribution in [2.24, 2.45) is 0 Å². The lowest BCUT2D eigenvalue weighted by Gasteiger charge is -2.46. The molecule has 0 amide bonds. The Kier molecular flexibility index (Phi) is 11.8. The van der Waals surface area contributed by atoms with E-state index in [0.717, 1.165) is 46.9 Å². The molecule has 15 rings (SSSR count). The van der Waals surface area contributed by atoms with Gasteiger partial charge in [0.2, 0.25) is 0 Å². The average Bonchev–Trinajstić information content (AvgIpc) is 1.82. The Bertz CT molecular complexity index is 4580. The van der Waals surface area contributed by atoms with E-state index >= 15 is 0 Å². The minimum Gasteiger partial charge on any atom is -0.456 e. The molecule has 0 bridgehead atoms. The second-order valence-corrected chi connectivity index (χ2v) is 25.1. The van der Waals surface area contributed by atoms with Crippen molar-refractivity contribution >= 4 is 101 Å². The average molecular weight is 1070 g/mol. The van der Waals surface area contributed by atoms with Crippen LogP contribution < -0.4 is 26.2 Å². The summed E-state index contributed by atoms with van der Waals surface area (Å²) in [6.07, 6.45) is 3.01. The maximum absolute atomic E-state index is 6.78. The van der Waals surface area contributed by atoms with E-state index in [2.05, 4.69) is 299 Å². The first kappa shape index (κ1) is 50.6. The molecule has 0 aliphatic carbocycles. The maximum atomic E-state index is 6.78. The van der Waals surface area contributed by atoms with E-state index in [4.69, 9.17) is 4.42 Å². The lowest BCUT2D eigenvalue weighted by atomic mass is 9.33. The Morgan fingerprint density at radius 3 is 1.57 bits per heavy atom. The number of benzene rings is 11. The third-order valence-corrected chi connectivity index (χ3v) is 17.9. The van der Waals surface area contributed by atoms with E-state index in [1.165, 1.54) is 122 Å². The van der Waals surface area contributed by atoms with Crippen LogP contribution in [0.1, 0.15) is 78.0 Å². The molecule has 11 aromatic carbocycles. The zero-order chi connectivity index (χ0) is 56.3. The molecule has 0 N–H and O–H groups in total. The number of aryl methyl sites for hydroxylation is 1. The fraction of sp³-hybridized carbons (Fsp3) is 0.154. The van der Waals surface area contributed by atoms with Crippen LogP contribution in [0.5, 0.6) is 0 Å². The number of para-hydroxylation sites is 3. The lowest BCUT2D eigenvalue weighted by molar-refractivity contribution is 0.590. The highest BCUT2D eigenvalue weighted by Gasteiger charge is 2.46. The number of hydrogen-bond acceptors (Lipinski definition) is 3. The van der Waals surface area contributed by atoms with Crippen molar-refractivity contribution in [2.45, 2.75) is 78.6 Å². The van der Waals surface area contributed by atoms with Crippen LogP contribution in [-0.4, -0.2) is 11.3 Å². The molecule has 4 heterocycles. The highest BCUT2D eigenvalue weighted by atomic mass is 16.3. The Balaban J connectivity index is 1.12. The monoisotopic (exact) mass is 1070 g/mol. The van der Waals surface area contributed by atoms with E-state index in [1.807, 2.05) is 0 Å². The first-order valence-corrected chi connectivity index (χ1v) is 29.8. The molecule has 0 fully saturated rings. The summed E-state index contributed by atoms with van der Waals surface area (Å²) in [5.41, 5.74) is 26.9. The molecule has 2 aromatic heterocycles. The minimum absolute atomic E-state index is 0.133. The third kappa shape index (κ3) is 8.26. The number of rotatable bonds is 9. The second kappa shape index (κ2) is 19.4. The van der Waals surface area contributed by atoms with Gasteiger partial charge in [-0.15, -0.1) is 0 Å². The topological polar surface area (TPSA) is 24.6 Å². The van der Waals surface area contributed by atoms with E-state index in [-0.39, 0.29) is 17.5 Å². The molecule has 83 heavy (non-hydrogen) atoms. The fourth-order valence-corrected chi connectivity index (χ4v) is 13.6. The van der Waals surface area contributed by atoms with E-state index in [1.54, 1.807) is 0 Å². The SMILES string of the molecule is CCCCc1cc2oc3ccccc3c2cc1N1c2cc(-n3c4ccccc4c4ccccc43)ccc2B2c3cc(-c4ccccc4)ccc3N(c3c(-c4ccccc4)cc(C(C)(C)C)cc3-c3ccccc3)c3cc(C(C)(C)C)cc1c32. The smallest absolute Gasteiger partial charge is 0.252 e. The van der Waals surface area contributed by atoms with Gasteiger partial charge in [-0.25, -0.2) is 0 Å². The van der Waals surface area contributed by atoms with Crippen molar-refractivity contribution in [3.63, 3.8) is 0 Å². The van der Waals surface area contributed by atoms with Crippen LogP contribution in [0.4, 0.5) is 34.1 Å². The van der Waals surface area contributed by atoms with Crippen molar-refractivity contribution in [3.8, 4) is 39.1 Å². The Morgan fingerprint density at radius 2 is 0.952 bits per heavy atom. The molecule has 4 nitrogen and oxygen atoms in total. The van der Waals surface area contributed by atoms with Crippen molar-refractivity contribution in [1.29, 1.82) is 0 Å². The number of unbranched alkanes of at least 4 members (excludes halogenated alkanes) is 1. The van der Waals surface area contributed by atoms with Crippen molar-refractivity contribution in [3.05, 3.63) is 253 Å². The fourth-order valence-electron chi connectivity index (χ4n) is 13.6. The molecule has 0 spiro atoms. The number of nitrogens with zero attached hydrogens (tertiary/aromatic N) is 3. The van der Waals surface area contributed by atoms with Crippen LogP contribution in [-0.2, 0) is 17.3 Å². The summed E-state index contributed by atoms with van der Waals surface area (Å²) in [6.45, 7) is 16.3. The lowest BCUT2D eigenvalue weighted by Crippen LogP contribution is -2.61. The zero-order valence-corrected chi connectivity index (χ0v) is 48.5. The normalized spacial score (nSPS) is 13.1. The van der Waals surface area contributed by atoms with Gasteiger partial charge in [-0.1, -0.05) is 219 Å². The molecular weight excluding hydrogens is 1010 g/mol. The standard InChI is InChI=1S/C78H66BN3O/c1-8-9-25-54-43-74-63(60-34-21-24-37-73(60)83-74)49-69(54)81-70-48-57(80-66-35-22-19-32-58(66)59-33-20-23-36-67(59)80)39-40-64(70)79-65-42-53(50-26-13-10-14-27-50)38-41-68(65)82(72-47-56(78(5,6)7)46-71(81)75(72)79)76-61(51-28-15-11-16-29-51)44-55(77(2,3)4)45-62(76)52-30-17-12-18-31-52/h10-24,26-49H,8-9,25H2,1-7H3. The van der Waals surface area contributed by atoms with Crippen LogP contribution in [0, 0.1) is 0 Å². The predicted molar refractivity (Wildman–Crippen MR) is 354 cm³/mol. The molecule has 2 aliphatic heterocycles. The second-order valence-electron chi connectivity index (χ2n) is 25.1. The summed E-state index contributed by atoms with van der Waals surface area (Å²) in [5, 5.41) is 4.74.